The molecule has 1 amide bonds. The van der Waals surface area contributed by atoms with Gasteiger partial charge in [0.2, 0.25) is 11.9 Å². The van der Waals surface area contributed by atoms with E-state index in [1.807, 2.05) is 15.7 Å². The van der Waals surface area contributed by atoms with Crippen molar-refractivity contribution in [1.29, 1.82) is 0 Å². The van der Waals surface area contributed by atoms with Gasteiger partial charge in [-0.1, -0.05) is 13.3 Å². The number of hydrogen-bond donors (Lipinski definition) is 1. The highest BCUT2D eigenvalue weighted by molar-refractivity contribution is 5.81. The van der Waals surface area contributed by atoms with Crippen LogP contribution < -0.4 is 10.9 Å². The Balaban J connectivity index is 1.69. The minimum atomic E-state index is -0.237. The van der Waals surface area contributed by atoms with Crippen molar-refractivity contribution >= 4 is 28.7 Å². The number of piperidine rings is 1. The second-order valence-corrected chi connectivity index (χ2v) is 10.4. The Morgan fingerprint density at radius 1 is 1.14 bits per heavy atom. The molecule has 2 aliphatic rings. The average Bonchev–Trinajstić information content (AvgIpc) is 2.85. The molecule has 3 heterocycles. The van der Waals surface area contributed by atoms with Gasteiger partial charge in [0, 0.05) is 51.4 Å². The van der Waals surface area contributed by atoms with Gasteiger partial charge in [-0.25, -0.2) is 9.97 Å². The van der Waals surface area contributed by atoms with E-state index < -0.39 is 0 Å². The van der Waals surface area contributed by atoms with Crippen LogP contribution in [0.2, 0.25) is 0 Å². The van der Waals surface area contributed by atoms with Crippen LogP contribution in [0.3, 0.4) is 0 Å². The molecular formula is C27H39N5O4. The molecule has 1 saturated carbocycles. The molecule has 9 nitrogen and oxygen atoms in total. The molecule has 1 atom stereocenters. The number of ether oxygens (including phenoxy) is 1. The zero-order valence-corrected chi connectivity index (χ0v) is 22.0. The Labute approximate surface area is 212 Å². The minimum Gasteiger partial charge on any atom is -0.463 e. The van der Waals surface area contributed by atoms with Crippen LogP contribution >= 0.6 is 0 Å². The molecule has 0 aromatic carbocycles. The fraction of sp³-hybridized carbons (Fsp3) is 0.667. The summed E-state index contributed by atoms with van der Waals surface area (Å²) < 4.78 is 7.32. The van der Waals surface area contributed by atoms with Crippen LogP contribution in [0, 0.1) is 0 Å². The van der Waals surface area contributed by atoms with E-state index >= 15 is 0 Å². The fourth-order valence-corrected chi connectivity index (χ4v) is 5.72. The van der Waals surface area contributed by atoms with Gasteiger partial charge >= 0.3 is 5.97 Å². The molecule has 1 unspecified atom stereocenters. The van der Waals surface area contributed by atoms with Gasteiger partial charge in [-0.05, 0) is 63.4 Å². The summed E-state index contributed by atoms with van der Waals surface area (Å²) >= 11 is 0. The molecule has 0 spiro atoms. The summed E-state index contributed by atoms with van der Waals surface area (Å²) in [4.78, 5) is 48.0. The smallest absolute Gasteiger partial charge is 0.302 e. The molecule has 1 saturated heterocycles. The molecule has 9 heteroatoms. The molecular weight excluding hydrogens is 458 g/mol. The van der Waals surface area contributed by atoms with Gasteiger partial charge < -0.3 is 19.5 Å². The van der Waals surface area contributed by atoms with Crippen molar-refractivity contribution in [2.75, 3.05) is 18.4 Å². The van der Waals surface area contributed by atoms with Crippen molar-refractivity contribution in [2.24, 2.45) is 0 Å². The number of aromatic nitrogens is 3. The Bertz CT molecular complexity index is 1150. The van der Waals surface area contributed by atoms with Crippen molar-refractivity contribution < 1.29 is 14.3 Å². The average molecular weight is 498 g/mol. The maximum Gasteiger partial charge on any atom is 0.302 e. The van der Waals surface area contributed by atoms with Crippen molar-refractivity contribution in [1.82, 2.24) is 19.4 Å². The van der Waals surface area contributed by atoms with Crippen LogP contribution in [-0.2, 0) is 14.3 Å². The predicted molar refractivity (Wildman–Crippen MR) is 139 cm³/mol. The molecule has 4 rings (SSSR count). The van der Waals surface area contributed by atoms with Crippen LogP contribution in [0.1, 0.15) is 96.6 Å². The third kappa shape index (κ3) is 5.87. The molecule has 36 heavy (non-hydrogen) atoms. The summed E-state index contributed by atoms with van der Waals surface area (Å²) in [5, 5.41) is 3.92. The lowest BCUT2D eigenvalue weighted by molar-refractivity contribution is -0.147. The van der Waals surface area contributed by atoms with Gasteiger partial charge in [-0.2, -0.15) is 0 Å². The van der Waals surface area contributed by atoms with Crippen molar-refractivity contribution in [3.8, 4) is 0 Å². The summed E-state index contributed by atoms with van der Waals surface area (Å²) in [6.45, 7) is 8.62. The number of carbonyl (C=O) groups is 2. The van der Waals surface area contributed by atoms with Crippen LogP contribution in [0.4, 0.5) is 5.95 Å². The Kier molecular flexibility index (Phi) is 8.26. The predicted octanol–water partition coefficient (Wildman–Crippen LogP) is 4.16. The second-order valence-electron chi connectivity index (χ2n) is 10.4. The number of pyridine rings is 1. The maximum absolute atomic E-state index is 13.6. The lowest BCUT2D eigenvalue weighted by Crippen LogP contribution is -2.40. The maximum atomic E-state index is 13.6. The summed E-state index contributed by atoms with van der Waals surface area (Å²) in [5.74, 6) is 0.610. The number of hydrogen-bond acceptors (Lipinski definition) is 7. The lowest BCUT2D eigenvalue weighted by Gasteiger charge is -2.33. The Morgan fingerprint density at radius 2 is 1.83 bits per heavy atom. The first-order valence-corrected chi connectivity index (χ1v) is 13.4. The number of anilines is 1. The summed E-state index contributed by atoms with van der Waals surface area (Å²) in [6.07, 6.45) is 10.5. The summed E-state index contributed by atoms with van der Waals surface area (Å²) in [5.41, 5.74) is 1.71. The molecule has 196 valence electrons. The van der Waals surface area contributed by atoms with Gasteiger partial charge in [-0.3, -0.25) is 14.4 Å². The molecule has 0 radical (unpaired) electrons. The van der Waals surface area contributed by atoms with Crippen molar-refractivity contribution in [2.45, 2.75) is 103 Å². The van der Waals surface area contributed by atoms with Crippen LogP contribution in [0.5, 0.6) is 0 Å². The number of carbonyl (C=O) groups excluding carboxylic acids is 2. The quantitative estimate of drug-likeness (QED) is 0.572. The second kappa shape index (κ2) is 11.4. The standard InChI is InChI=1S/C27H39N5O4/c1-5-6-17(2)29-27-28-15-23-25(30-27)24(20-7-9-22(10-8-20)36-19(4)34)16-32(26(23)35)21-11-13-31(14-12-21)18(3)33/h15-17,20-22H,5-14H2,1-4H3,(H,28,29,30). The highest BCUT2D eigenvalue weighted by atomic mass is 16.5. The van der Waals surface area contributed by atoms with Crippen LogP contribution in [0.15, 0.2) is 17.2 Å². The normalized spacial score (nSPS) is 21.8. The molecule has 1 aliphatic heterocycles. The first-order chi connectivity index (χ1) is 17.3. The van der Waals surface area contributed by atoms with E-state index in [2.05, 4.69) is 24.1 Å². The van der Waals surface area contributed by atoms with E-state index in [0.717, 1.165) is 62.4 Å². The van der Waals surface area contributed by atoms with Gasteiger partial charge in [0.1, 0.15) is 6.10 Å². The molecule has 1 aliphatic carbocycles. The zero-order chi connectivity index (χ0) is 25.8. The summed E-state index contributed by atoms with van der Waals surface area (Å²) in [6, 6.07) is 0.276. The highest BCUT2D eigenvalue weighted by Gasteiger charge is 2.29. The first-order valence-electron chi connectivity index (χ1n) is 13.4. The highest BCUT2D eigenvalue weighted by Crippen LogP contribution is 2.37. The number of rotatable bonds is 7. The number of likely N-dealkylation sites (tertiary alicyclic amines) is 1. The lowest BCUT2D eigenvalue weighted by atomic mass is 9.82. The van der Waals surface area contributed by atoms with Gasteiger partial charge in [-0.15, -0.1) is 0 Å². The molecule has 1 N–H and O–H groups in total. The van der Waals surface area contributed by atoms with Crippen molar-refractivity contribution in [3.63, 3.8) is 0 Å². The van der Waals surface area contributed by atoms with Gasteiger partial charge in [0.15, 0.2) is 0 Å². The zero-order valence-electron chi connectivity index (χ0n) is 22.0. The van der Waals surface area contributed by atoms with E-state index in [0.29, 0.717) is 24.4 Å². The first kappa shape index (κ1) is 26.1. The molecule has 0 bridgehead atoms. The monoisotopic (exact) mass is 497 g/mol. The summed E-state index contributed by atoms with van der Waals surface area (Å²) in [7, 11) is 0. The Morgan fingerprint density at radius 3 is 2.44 bits per heavy atom. The molecule has 2 aromatic heterocycles. The van der Waals surface area contributed by atoms with Crippen LogP contribution in [-0.4, -0.2) is 56.5 Å². The van der Waals surface area contributed by atoms with E-state index in [4.69, 9.17) is 9.72 Å². The van der Waals surface area contributed by atoms with E-state index in [1.54, 1.807) is 13.1 Å². The third-order valence-electron chi connectivity index (χ3n) is 7.65. The van der Waals surface area contributed by atoms with Gasteiger partial charge in [0.25, 0.3) is 5.56 Å². The Hall–Kier alpha value is -2.97. The number of fused-ring (bicyclic) bond motifs is 1. The third-order valence-corrected chi connectivity index (χ3v) is 7.65. The minimum absolute atomic E-state index is 0.0380. The number of nitrogens with zero attached hydrogens (tertiary/aromatic N) is 4. The van der Waals surface area contributed by atoms with Crippen molar-refractivity contribution in [3.05, 3.63) is 28.3 Å². The van der Waals surface area contributed by atoms with E-state index in [1.165, 1.54) is 6.92 Å². The topological polar surface area (TPSA) is 106 Å². The number of amides is 1. The van der Waals surface area contributed by atoms with Crippen LogP contribution in [0.25, 0.3) is 10.9 Å². The van der Waals surface area contributed by atoms with E-state index in [-0.39, 0.29) is 41.5 Å². The largest absolute Gasteiger partial charge is 0.463 e. The number of nitrogens with one attached hydrogen (secondary N) is 1. The van der Waals surface area contributed by atoms with E-state index in [9.17, 15) is 14.4 Å². The molecule has 2 fully saturated rings. The number of esters is 1. The van der Waals surface area contributed by atoms with Gasteiger partial charge in [0.05, 0.1) is 10.9 Å². The molecule has 2 aromatic rings. The SMILES string of the molecule is CCCC(C)Nc1ncc2c(=O)n(C3CCN(C(C)=O)CC3)cc(C3CCC(OC(C)=O)CC3)c2n1. The fourth-order valence-electron chi connectivity index (χ4n) is 5.72.